The Balaban J connectivity index is 1.46. The summed E-state index contributed by atoms with van der Waals surface area (Å²) in [5, 5.41) is 20.8. The monoisotopic (exact) mass is 500 g/mol. The van der Waals surface area contributed by atoms with Gasteiger partial charge in [-0.25, -0.2) is 0 Å². The molecule has 208 valence electrons. The average Bonchev–Trinajstić information content (AvgIpc) is 2.83. The summed E-state index contributed by atoms with van der Waals surface area (Å²) in [6.07, 6.45) is 14.1. The molecule has 0 bridgehead atoms. The van der Waals surface area contributed by atoms with Crippen LogP contribution >= 0.6 is 0 Å². The molecule has 4 atom stereocenters. The summed E-state index contributed by atoms with van der Waals surface area (Å²) < 4.78 is 23.3. The van der Waals surface area contributed by atoms with E-state index in [1.807, 2.05) is 0 Å². The molecule has 4 unspecified atom stereocenters. The maximum absolute atomic E-state index is 10.4. The van der Waals surface area contributed by atoms with Crippen LogP contribution in [0.4, 0.5) is 0 Å². The first-order valence-electron chi connectivity index (χ1n) is 14.5. The lowest BCUT2D eigenvalue weighted by Crippen LogP contribution is -2.28. The van der Waals surface area contributed by atoms with Gasteiger partial charge in [-0.2, -0.15) is 0 Å². The third kappa shape index (κ3) is 14.9. The van der Waals surface area contributed by atoms with E-state index < -0.39 is 0 Å². The van der Waals surface area contributed by atoms with Crippen molar-refractivity contribution in [3.63, 3.8) is 0 Å². The molecule has 0 spiro atoms. The molecular formula is C29H56O6. The molecule has 6 nitrogen and oxygen atoms in total. The first kappa shape index (κ1) is 31.0. The summed E-state index contributed by atoms with van der Waals surface area (Å²) in [6.45, 7) is 12.0. The molecule has 2 heterocycles. The van der Waals surface area contributed by atoms with Crippen LogP contribution < -0.4 is 0 Å². The van der Waals surface area contributed by atoms with Crippen LogP contribution in [0.25, 0.3) is 0 Å². The van der Waals surface area contributed by atoms with Crippen LogP contribution in [0.3, 0.4) is 0 Å². The Kier molecular flexibility index (Phi) is 14.7. The molecule has 0 saturated carbocycles. The van der Waals surface area contributed by atoms with E-state index in [0.717, 1.165) is 96.7 Å². The largest absolute Gasteiger partial charge is 0.393 e. The second kappa shape index (κ2) is 16.6. The highest BCUT2D eigenvalue weighted by molar-refractivity contribution is 4.72. The Labute approximate surface area is 215 Å². The van der Waals surface area contributed by atoms with Gasteiger partial charge < -0.3 is 29.2 Å². The SMILES string of the molecule is CC(C)(CCCC(O)CCCC(O)CCCC(C)(C)COC1CCCCO1)COC1CCCCO1. The summed E-state index contributed by atoms with van der Waals surface area (Å²) in [7, 11) is 0. The van der Waals surface area contributed by atoms with E-state index in [1.165, 1.54) is 12.8 Å². The fraction of sp³-hybridized carbons (Fsp3) is 1.00. The van der Waals surface area contributed by atoms with Crippen LogP contribution in [0, 0.1) is 10.8 Å². The van der Waals surface area contributed by atoms with Crippen molar-refractivity contribution < 1.29 is 29.2 Å². The van der Waals surface area contributed by atoms with E-state index >= 15 is 0 Å². The van der Waals surface area contributed by atoms with Crippen molar-refractivity contribution in [2.45, 2.75) is 149 Å². The molecule has 0 aliphatic carbocycles. The number of ether oxygens (including phenoxy) is 4. The van der Waals surface area contributed by atoms with Gasteiger partial charge in [0.1, 0.15) is 0 Å². The Hall–Kier alpha value is -0.240. The van der Waals surface area contributed by atoms with Crippen molar-refractivity contribution in [3.05, 3.63) is 0 Å². The molecule has 2 aliphatic rings. The van der Waals surface area contributed by atoms with E-state index in [4.69, 9.17) is 18.9 Å². The number of hydrogen-bond acceptors (Lipinski definition) is 6. The molecule has 2 fully saturated rings. The molecule has 0 aromatic heterocycles. The highest BCUT2D eigenvalue weighted by atomic mass is 16.7. The van der Waals surface area contributed by atoms with Crippen LogP contribution in [0.2, 0.25) is 0 Å². The summed E-state index contributed by atoms with van der Waals surface area (Å²) >= 11 is 0. The third-order valence-electron chi connectivity index (χ3n) is 7.45. The fourth-order valence-corrected chi connectivity index (χ4v) is 4.98. The van der Waals surface area contributed by atoms with Crippen molar-refractivity contribution in [2.24, 2.45) is 10.8 Å². The van der Waals surface area contributed by atoms with E-state index in [1.54, 1.807) is 0 Å². The molecule has 6 heteroatoms. The van der Waals surface area contributed by atoms with E-state index in [0.29, 0.717) is 13.2 Å². The van der Waals surface area contributed by atoms with Gasteiger partial charge in [-0.15, -0.1) is 0 Å². The molecule has 35 heavy (non-hydrogen) atoms. The summed E-state index contributed by atoms with van der Waals surface area (Å²) in [5.41, 5.74) is 0.192. The van der Waals surface area contributed by atoms with Gasteiger partial charge in [0.25, 0.3) is 0 Å². The third-order valence-corrected chi connectivity index (χ3v) is 7.45. The normalized spacial score (nSPS) is 23.8. The van der Waals surface area contributed by atoms with E-state index in [2.05, 4.69) is 27.7 Å². The van der Waals surface area contributed by atoms with Crippen LogP contribution in [-0.2, 0) is 18.9 Å². The predicted molar refractivity (Wildman–Crippen MR) is 140 cm³/mol. The Bertz CT molecular complexity index is 479. The molecule has 0 radical (unpaired) electrons. The molecule has 2 saturated heterocycles. The van der Waals surface area contributed by atoms with Crippen molar-refractivity contribution in [3.8, 4) is 0 Å². The van der Waals surface area contributed by atoms with Crippen LogP contribution in [-0.4, -0.2) is 61.4 Å². The molecule has 0 amide bonds. The van der Waals surface area contributed by atoms with Gasteiger partial charge in [-0.05, 0) is 94.3 Å². The van der Waals surface area contributed by atoms with Gasteiger partial charge in [0.05, 0.1) is 25.4 Å². The zero-order chi connectivity index (χ0) is 25.6. The zero-order valence-electron chi connectivity index (χ0n) is 23.3. The average molecular weight is 501 g/mol. The molecule has 0 aromatic rings. The number of aliphatic hydroxyl groups excluding tert-OH is 2. The van der Waals surface area contributed by atoms with Crippen LogP contribution in [0.15, 0.2) is 0 Å². The minimum atomic E-state index is -0.279. The first-order chi connectivity index (χ1) is 16.7. The predicted octanol–water partition coefficient (Wildman–Crippen LogP) is 6.36. The molecular weight excluding hydrogens is 444 g/mol. The lowest BCUT2D eigenvalue weighted by molar-refractivity contribution is -0.177. The van der Waals surface area contributed by atoms with Gasteiger partial charge in [-0.1, -0.05) is 40.5 Å². The summed E-state index contributed by atoms with van der Waals surface area (Å²) in [4.78, 5) is 0. The minimum Gasteiger partial charge on any atom is -0.393 e. The number of rotatable bonds is 18. The Morgan fingerprint density at radius 3 is 1.43 bits per heavy atom. The highest BCUT2D eigenvalue weighted by Gasteiger charge is 2.24. The van der Waals surface area contributed by atoms with Gasteiger partial charge in [-0.3, -0.25) is 0 Å². The Morgan fingerprint density at radius 2 is 1.06 bits per heavy atom. The van der Waals surface area contributed by atoms with Gasteiger partial charge in [0, 0.05) is 13.2 Å². The van der Waals surface area contributed by atoms with Crippen LogP contribution in [0.1, 0.15) is 124 Å². The van der Waals surface area contributed by atoms with Gasteiger partial charge in [0.2, 0.25) is 0 Å². The van der Waals surface area contributed by atoms with Gasteiger partial charge in [0.15, 0.2) is 12.6 Å². The quantitative estimate of drug-likeness (QED) is 0.228. The topological polar surface area (TPSA) is 77.4 Å². The second-order valence-electron chi connectivity index (χ2n) is 12.6. The smallest absolute Gasteiger partial charge is 0.157 e. The Morgan fingerprint density at radius 1 is 0.657 bits per heavy atom. The van der Waals surface area contributed by atoms with E-state index in [-0.39, 0.29) is 35.6 Å². The second-order valence-corrected chi connectivity index (χ2v) is 12.6. The maximum Gasteiger partial charge on any atom is 0.157 e. The number of aliphatic hydroxyl groups is 2. The van der Waals surface area contributed by atoms with Crippen molar-refractivity contribution >= 4 is 0 Å². The highest BCUT2D eigenvalue weighted by Crippen LogP contribution is 2.28. The van der Waals surface area contributed by atoms with Crippen molar-refractivity contribution in [1.82, 2.24) is 0 Å². The van der Waals surface area contributed by atoms with E-state index in [9.17, 15) is 10.2 Å². The summed E-state index contributed by atoms with van der Waals surface area (Å²) in [5.74, 6) is 0. The standard InChI is InChI=1S/C29H56O6/c1-28(2,22-34-26-16-5-7-20-32-26)18-10-14-24(30)12-9-13-25(31)15-11-19-29(3,4)23-35-27-17-6-8-21-33-27/h24-27,30-31H,5-23H2,1-4H3. The summed E-state index contributed by atoms with van der Waals surface area (Å²) in [6, 6.07) is 0. The van der Waals surface area contributed by atoms with Crippen molar-refractivity contribution in [2.75, 3.05) is 26.4 Å². The number of hydrogen-bond donors (Lipinski definition) is 2. The first-order valence-corrected chi connectivity index (χ1v) is 14.5. The fourth-order valence-electron chi connectivity index (χ4n) is 4.98. The maximum atomic E-state index is 10.4. The van der Waals surface area contributed by atoms with Crippen LogP contribution in [0.5, 0.6) is 0 Å². The minimum absolute atomic E-state index is 0.0319. The molecule has 2 N–H and O–H groups in total. The molecule has 2 rings (SSSR count). The lowest BCUT2D eigenvalue weighted by Gasteiger charge is -2.29. The zero-order valence-corrected chi connectivity index (χ0v) is 23.3. The molecule has 2 aliphatic heterocycles. The van der Waals surface area contributed by atoms with Crippen molar-refractivity contribution in [1.29, 1.82) is 0 Å². The molecule has 0 aromatic carbocycles. The lowest BCUT2D eigenvalue weighted by atomic mass is 9.87. The van der Waals surface area contributed by atoms with Gasteiger partial charge >= 0.3 is 0 Å².